The highest BCUT2D eigenvalue weighted by Crippen LogP contribution is 2.29. The number of rotatable bonds is 3. The number of anilines is 1. The van der Waals surface area contributed by atoms with Crippen LogP contribution >= 0.6 is 0 Å². The first-order valence-electron chi connectivity index (χ1n) is 8.07. The Morgan fingerprint density at radius 2 is 2.00 bits per heavy atom. The molecular formula is C18H22N4O2. The Morgan fingerprint density at radius 3 is 2.67 bits per heavy atom. The van der Waals surface area contributed by atoms with Crippen molar-refractivity contribution < 1.29 is 9.53 Å². The van der Waals surface area contributed by atoms with Gasteiger partial charge in [0.15, 0.2) is 0 Å². The van der Waals surface area contributed by atoms with Crippen molar-refractivity contribution in [3.63, 3.8) is 0 Å². The number of aromatic nitrogens is 2. The number of hydrogen-bond donors (Lipinski definition) is 0. The molecule has 0 bridgehead atoms. The highest BCUT2D eigenvalue weighted by atomic mass is 16.5. The SMILES string of the molecule is COc1ccccc1N1CCN(C(=O)c2cnc(C)cn2)C(C)C1. The summed E-state index contributed by atoms with van der Waals surface area (Å²) in [4.78, 5) is 25.2. The molecule has 6 nitrogen and oxygen atoms in total. The van der Waals surface area contributed by atoms with Crippen LogP contribution in [0.1, 0.15) is 23.1 Å². The van der Waals surface area contributed by atoms with Crippen LogP contribution in [-0.4, -0.2) is 53.6 Å². The Morgan fingerprint density at radius 1 is 1.21 bits per heavy atom. The zero-order chi connectivity index (χ0) is 17.1. The minimum atomic E-state index is -0.0605. The van der Waals surface area contributed by atoms with Crippen LogP contribution in [-0.2, 0) is 0 Å². The minimum Gasteiger partial charge on any atom is -0.495 e. The average molecular weight is 326 g/mol. The van der Waals surface area contributed by atoms with Gasteiger partial charge in [0.1, 0.15) is 11.4 Å². The van der Waals surface area contributed by atoms with Crippen LogP contribution in [0.15, 0.2) is 36.7 Å². The fraction of sp³-hybridized carbons (Fsp3) is 0.389. The third-order valence-corrected chi connectivity index (χ3v) is 4.31. The molecule has 1 aromatic carbocycles. The van der Waals surface area contributed by atoms with Gasteiger partial charge in [-0.15, -0.1) is 0 Å². The van der Waals surface area contributed by atoms with E-state index in [-0.39, 0.29) is 11.9 Å². The molecule has 1 aromatic heterocycles. The van der Waals surface area contributed by atoms with Crippen molar-refractivity contribution in [2.75, 3.05) is 31.6 Å². The van der Waals surface area contributed by atoms with E-state index in [1.54, 1.807) is 19.5 Å². The van der Waals surface area contributed by atoms with E-state index in [1.165, 1.54) is 0 Å². The van der Waals surface area contributed by atoms with Crippen molar-refractivity contribution in [2.45, 2.75) is 19.9 Å². The number of methoxy groups -OCH3 is 1. The number of ether oxygens (including phenoxy) is 1. The highest BCUT2D eigenvalue weighted by Gasteiger charge is 2.29. The fourth-order valence-electron chi connectivity index (χ4n) is 3.02. The molecule has 1 unspecified atom stereocenters. The molecule has 24 heavy (non-hydrogen) atoms. The summed E-state index contributed by atoms with van der Waals surface area (Å²) in [6.07, 6.45) is 3.18. The van der Waals surface area contributed by atoms with Gasteiger partial charge in [0.05, 0.1) is 24.7 Å². The van der Waals surface area contributed by atoms with Crippen LogP contribution in [0.3, 0.4) is 0 Å². The third kappa shape index (κ3) is 3.18. The van der Waals surface area contributed by atoms with Gasteiger partial charge in [0.2, 0.25) is 0 Å². The summed E-state index contributed by atoms with van der Waals surface area (Å²) in [5.74, 6) is 0.795. The molecule has 2 aromatic rings. The first kappa shape index (κ1) is 16.2. The van der Waals surface area contributed by atoms with E-state index in [9.17, 15) is 4.79 Å². The maximum atomic E-state index is 12.7. The molecule has 0 saturated carbocycles. The largest absolute Gasteiger partial charge is 0.495 e. The molecule has 1 aliphatic rings. The molecule has 3 rings (SSSR count). The van der Waals surface area contributed by atoms with E-state index >= 15 is 0 Å². The Balaban J connectivity index is 1.73. The van der Waals surface area contributed by atoms with E-state index in [2.05, 4.69) is 27.9 Å². The van der Waals surface area contributed by atoms with E-state index in [0.29, 0.717) is 12.2 Å². The van der Waals surface area contributed by atoms with Gasteiger partial charge in [-0.05, 0) is 26.0 Å². The molecule has 1 saturated heterocycles. The van der Waals surface area contributed by atoms with Gasteiger partial charge in [-0.2, -0.15) is 0 Å². The van der Waals surface area contributed by atoms with E-state index in [1.807, 2.05) is 30.0 Å². The van der Waals surface area contributed by atoms with Crippen LogP contribution < -0.4 is 9.64 Å². The maximum Gasteiger partial charge on any atom is 0.274 e. The van der Waals surface area contributed by atoms with E-state index < -0.39 is 0 Å². The molecule has 2 heterocycles. The number of aryl methyl sites for hydroxylation is 1. The monoisotopic (exact) mass is 326 g/mol. The molecule has 126 valence electrons. The van der Waals surface area contributed by atoms with Crippen molar-refractivity contribution in [1.29, 1.82) is 0 Å². The van der Waals surface area contributed by atoms with Crippen molar-refractivity contribution in [1.82, 2.24) is 14.9 Å². The quantitative estimate of drug-likeness (QED) is 0.865. The first-order valence-corrected chi connectivity index (χ1v) is 8.07. The zero-order valence-electron chi connectivity index (χ0n) is 14.3. The lowest BCUT2D eigenvalue weighted by Crippen LogP contribution is -2.54. The number of carbonyl (C=O) groups is 1. The van der Waals surface area contributed by atoms with Gasteiger partial charge in [0.25, 0.3) is 5.91 Å². The van der Waals surface area contributed by atoms with Gasteiger partial charge < -0.3 is 14.5 Å². The predicted octanol–water partition coefficient (Wildman–Crippen LogP) is 2.14. The van der Waals surface area contributed by atoms with Crippen LogP contribution in [0.5, 0.6) is 5.75 Å². The first-order chi connectivity index (χ1) is 11.6. The number of hydrogen-bond acceptors (Lipinski definition) is 5. The lowest BCUT2D eigenvalue weighted by atomic mass is 10.1. The summed E-state index contributed by atoms with van der Waals surface area (Å²) in [6, 6.07) is 8.05. The minimum absolute atomic E-state index is 0.0605. The summed E-state index contributed by atoms with van der Waals surface area (Å²) in [5.41, 5.74) is 2.27. The number of benzene rings is 1. The standard InChI is InChI=1S/C18H22N4O2/c1-13-10-20-15(11-19-13)18(23)22-9-8-21(12-14(22)2)16-6-4-5-7-17(16)24-3/h4-7,10-11,14H,8-9,12H2,1-3H3. The lowest BCUT2D eigenvalue weighted by Gasteiger charge is -2.41. The molecule has 1 fully saturated rings. The van der Waals surface area contributed by atoms with Gasteiger partial charge in [-0.25, -0.2) is 4.98 Å². The summed E-state index contributed by atoms with van der Waals surface area (Å²) in [6.45, 7) is 6.08. The molecule has 6 heteroatoms. The highest BCUT2D eigenvalue weighted by molar-refractivity contribution is 5.92. The zero-order valence-corrected chi connectivity index (χ0v) is 14.3. The van der Waals surface area contributed by atoms with Crippen molar-refractivity contribution in [3.05, 3.63) is 48.0 Å². The second-order valence-electron chi connectivity index (χ2n) is 6.01. The van der Waals surface area contributed by atoms with E-state index in [4.69, 9.17) is 4.74 Å². The number of para-hydroxylation sites is 2. The van der Waals surface area contributed by atoms with Crippen LogP contribution in [0, 0.1) is 6.92 Å². The van der Waals surface area contributed by atoms with Gasteiger partial charge in [0, 0.05) is 31.9 Å². The molecule has 0 N–H and O–H groups in total. The topological polar surface area (TPSA) is 58.6 Å². The van der Waals surface area contributed by atoms with E-state index in [0.717, 1.165) is 30.2 Å². The maximum absolute atomic E-state index is 12.7. The predicted molar refractivity (Wildman–Crippen MR) is 92.5 cm³/mol. The summed E-state index contributed by atoms with van der Waals surface area (Å²) >= 11 is 0. The van der Waals surface area contributed by atoms with Gasteiger partial charge in [-0.1, -0.05) is 12.1 Å². The normalized spacial score (nSPS) is 17.7. The molecule has 0 spiro atoms. The third-order valence-electron chi connectivity index (χ3n) is 4.31. The number of amides is 1. The Hall–Kier alpha value is -2.63. The Kier molecular flexibility index (Phi) is 4.64. The second-order valence-corrected chi connectivity index (χ2v) is 6.01. The fourth-order valence-corrected chi connectivity index (χ4v) is 3.02. The lowest BCUT2D eigenvalue weighted by molar-refractivity contribution is 0.0667. The molecule has 1 aliphatic heterocycles. The van der Waals surface area contributed by atoms with Crippen molar-refractivity contribution >= 4 is 11.6 Å². The summed E-state index contributed by atoms with van der Waals surface area (Å²) in [7, 11) is 1.68. The van der Waals surface area contributed by atoms with Gasteiger partial charge in [-0.3, -0.25) is 9.78 Å². The summed E-state index contributed by atoms with van der Waals surface area (Å²) < 4.78 is 5.45. The van der Waals surface area contributed by atoms with Crippen LogP contribution in [0.25, 0.3) is 0 Å². The molecule has 1 amide bonds. The van der Waals surface area contributed by atoms with Crippen LogP contribution in [0.2, 0.25) is 0 Å². The van der Waals surface area contributed by atoms with Crippen molar-refractivity contribution in [2.24, 2.45) is 0 Å². The van der Waals surface area contributed by atoms with Gasteiger partial charge >= 0.3 is 0 Å². The molecule has 0 aliphatic carbocycles. The second kappa shape index (κ2) is 6.86. The average Bonchev–Trinajstić information content (AvgIpc) is 2.61. The molecular weight excluding hydrogens is 304 g/mol. The number of piperazine rings is 1. The summed E-state index contributed by atoms with van der Waals surface area (Å²) in [5, 5.41) is 0. The van der Waals surface area contributed by atoms with Crippen LogP contribution in [0.4, 0.5) is 5.69 Å². The molecule has 1 atom stereocenters. The molecule has 0 radical (unpaired) electrons. The smallest absolute Gasteiger partial charge is 0.274 e. The van der Waals surface area contributed by atoms with Crippen molar-refractivity contribution in [3.8, 4) is 5.75 Å². The Labute approximate surface area is 142 Å². The number of carbonyl (C=O) groups excluding carboxylic acids is 1. The Bertz CT molecular complexity index is 717. The number of nitrogens with zero attached hydrogens (tertiary/aromatic N) is 4.